The van der Waals surface area contributed by atoms with Gasteiger partial charge in [-0.3, -0.25) is 14.3 Å². The van der Waals surface area contributed by atoms with Gasteiger partial charge in [0.1, 0.15) is 0 Å². The summed E-state index contributed by atoms with van der Waals surface area (Å²) in [5.41, 5.74) is -0.763. The number of imidazole rings is 1. The van der Waals surface area contributed by atoms with Gasteiger partial charge >= 0.3 is 5.69 Å². The second kappa shape index (κ2) is 3.95. The maximum atomic E-state index is 11.3. The molecule has 0 aliphatic carbocycles. The lowest BCUT2D eigenvalue weighted by molar-refractivity contribution is 0.553. The molecule has 0 saturated heterocycles. The molecule has 6 nitrogen and oxygen atoms in total. The summed E-state index contributed by atoms with van der Waals surface area (Å²) in [7, 11) is 0. The molecule has 0 saturated carbocycles. The fraction of sp³-hybridized carbons (Fsp3) is 0.222. The van der Waals surface area contributed by atoms with E-state index in [0.29, 0.717) is 13.1 Å². The number of nitrogens with zero attached hydrogens (tertiary/aromatic N) is 3. The summed E-state index contributed by atoms with van der Waals surface area (Å²) in [6.45, 7) is 1.15. The molecule has 0 aliphatic rings. The number of aromatic nitrogens is 4. The van der Waals surface area contributed by atoms with E-state index in [2.05, 4.69) is 9.97 Å². The standard InChI is InChI=1S/C9H10N4O2/c14-8-1-3-13(9(15)11-8)6-5-12-4-2-10-7-12/h1-4,7H,5-6H2,(H,11,14,15). The molecule has 0 aliphatic heterocycles. The van der Waals surface area contributed by atoms with Gasteiger partial charge in [0, 0.05) is 37.7 Å². The van der Waals surface area contributed by atoms with Crippen molar-refractivity contribution in [2.75, 3.05) is 0 Å². The molecule has 2 aromatic heterocycles. The third-order valence-corrected chi connectivity index (χ3v) is 2.06. The zero-order valence-corrected chi connectivity index (χ0v) is 7.96. The smallest absolute Gasteiger partial charge is 0.328 e. The zero-order chi connectivity index (χ0) is 10.7. The van der Waals surface area contributed by atoms with Crippen molar-refractivity contribution < 1.29 is 0 Å². The molecule has 6 heteroatoms. The molecule has 0 aromatic carbocycles. The van der Waals surface area contributed by atoms with E-state index in [1.807, 2.05) is 10.8 Å². The minimum atomic E-state index is -0.386. The Morgan fingerprint density at radius 3 is 2.80 bits per heavy atom. The van der Waals surface area contributed by atoms with Crippen LogP contribution in [-0.2, 0) is 13.1 Å². The van der Waals surface area contributed by atoms with E-state index in [1.54, 1.807) is 12.5 Å². The molecule has 2 rings (SSSR count). The number of rotatable bonds is 3. The molecule has 15 heavy (non-hydrogen) atoms. The van der Waals surface area contributed by atoms with Crippen LogP contribution in [0.15, 0.2) is 40.6 Å². The van der Waals surface area contributed by atoms with Crippen molar-refractivity contribution in [3.63, 3.8) is 0 Å². The van der Waals surface area contributed by atoms with Crippen molar-refractivity contribution >= 4 is 0 Å². The van der Waals surface area contributed by atoms with E-state index in [4.69, 9.17) is 0 Å². The quantitative estimate of drug-likeness (QED) is 0.731. The van der Waals surface area contributed by atoms with Crippen LogP contribution < -0.4 is 11.2 Å². The van der Waals surface area contributed by atoms with E-state index in [0.717, 1.165) is 0 Å². The first kappa shape index (κ1) is 9.45. The van der Waals surface area contributed by atoms with Gasteiger partial charge in [0.15, 0.2) is 0 Å². The predicted octanol–water partition coefficient (Wildman–Crippen LogP) is -0.567. The van der Waals surface area contributed by atoms with Gasteiger partial charge in [-0.05, 0) is 0 Å². The van der Waals surface area contributed by atoms with Crippen LogP contribution in [-0.4, -0.2) is 19.1 Å². The van der Waals surface area contributed by atoms with Gasteiger partial charge < -0.3 is 4.57 Å². The molecule has 0 amide bonds. The highest BCUT2D eigenvalue weighted by Gasteiger charge is 1.96. The zero-order valence-electron chi connectivity index (χ0n) is 7.96. The van der Waals surface area contributed by atoms with Gasteiger partial charge in [-0.2, -0.15) is 0 Å². The Hall–Kier alpha value is -2.11. The van der Waals surface area contributed by atoms with Crippen molar-refractivity contribution in [3.8, 4) is 0 Å². The SMILES string of the molecule is O=c1ccn(CCn2ccnc2)c(=O)[nH]1. The number of nitrogens with one attached hydrogen (secondary N) is 1. The van der Waals surface area contributed by atoms with Crippen LogP contribution in [0.3, 0.4) is 0 Å². The third kappa shape index (κ3) is 2.22. The van der Waals surface area contributed by atoms with Gasteiger partial charge in [-0.1, -0.05) is 0 Å². The van der Waals surface area contributed by atoms with E-state index in [1.165, 1.54) is 16.8 Å². The molecular formula is C9H10N4O2. The van der Waals surface area contributed by atoms with Crippen LogP contribution in [0.4, 0.5) is 0 Å². The normalized spacial score (nSPS) is 10.4. The summed E-state index contributed by atoms with van der Waals surface area (Å²) >= 11 is 0. The van der Waals surface area contributed by atoms with Crippen molar-refractivity contribution in [1.29, 1.82) is 0 Å². The lowest BCUT2D eigenvalue weighted by atomic mass is 10.5. The number of aryl methyl sites for hydroxylation is 2. The molecule has 1 N–H and O–H groups in total. The van der Waals surface area contributed by atoms with Gasteiger partial charge in [-0.15, -0.1) is 0 Å². The maximum absolute atomic E-state index is 11.3. The van der Waals surface area contributed by atoms with E-state index < -0.39 is 0 Å². The van der Waals surface area contributed by atoms with E-state index >= 15 is 0 Å². The average Bonchev–Trinajstić information content (AvgIpc) is 2.69. The molecular weight excluding hydrogens is 196 g/mol. The van der Waals surface area contributed by atoms with Crippen LogP contribution in [0, 0.1) is 0 Å². The highest BCUT2D eigenvalue weighted by Crippen LogP contribution is 1.87. The number of hydrogen-bond donors (Lipinski definition) is 1. The van der Waals surface area contributed by atoms with Gasteiger partial charge in [-0.25, -0.2) is 9.78 Å². The Labute approximate surface area is 84.8 Å². The Kier molecular flexibility index (Phi) is 2.49. The summed E-state index contributed by atoms with van der Waals surface area (Å²) in [5, 5.41) is 0. The number of aromatic amines is 1. The summed E-state index contributed by atoms with van der Waals surface area (Å²) < 4.78 is 3.30. The van der Waals surface area contributed by atoms with Crippen LogP contribution in [0.1, 0.15) is 0 Å². The summed E-state index contributed by atoms with van der Waals surface area (Å²) in [6.07, 6.45) is 6.65. The molecule has 0 unspecified atom stereocenters. The van der Waals surface area contributed by atoms with Gasteiger partial charge in [0.2, 0.25) is 0 Å². The van der Waals surface area contributed by atoms with Crippen LogP contribution in [0.5, 0.6) is 0 Å². The molecule has 0 atom stereocenters. The molecule has 0 radical (unpaired) electrons. The second-order valence-corrected chi connectivity index (χ2v) is 3.10. The highest BCUT2D eigenvalue weighted by atomic mass is 16.2. The maximum Gasteiger partial charge on any atom is 0.328 e. The topological polar surface area (TPSA) is 72.7 Å². The number of H-pyrrole nitrogens is 1. The molecule has 0 bridgehead atoms. The minimum absolute atomic E-state index is 0.376. The Morgan fingerprint density at radius 1 is 1.27 bits per heavy atom. The molecule has 2 heterocycles. The summed E-state index contributed by atoms with van der Waals surface area (Å²) in [6, 6.07) is 1.33. The Bertz CT molecular complexity index is 538. The summed E-state index contributed by atoms with van der Waals surface area (Å²) in [4.78, 5) is 28.2. The van der Waals surface area contributed by atoms with Crippen molar-refractivity contribution in [3.05, 3.63) is 51.8 Å². The molecule has 0 spiro atoms. The molecule has 2 aromatic rings. The van der Waals surface area contributed by atoms with Gasteiger partial charge in [0.05, 0.1) is 6.33 Å². The highest BCUT2D eigenvalue weighted by molar-refractivity contribution is 4.82. The summed E-state index contributed by atoms with van der Waals surface area (Å²) in [5.74, 6) is 0. The van der Waals surface area contributed by atoms with Crippen molar-refractivity contribution in [2.24, 2.45) is 0 Å². The van der Waals surface area contributed by atoms with Crippen LogP contribution in [0.2, 0.25) is 0 Å². The first-order valence-corrected chi connectivity index (χ1v) is 4.51. The van der Waals surface area contributed by atoms with Crippen LogP contribution >= 0.6 is 0 Å². The predicted molar refractivity (Wildman–Crippen MR) is 53.5 cm³/mol. The fourth-order valence-corrected chi connectivity index (χ4v) is 1.26. The Balaban J connectivity index is 2.12. The first-order valence-electron chi connectivity index (χ1n) is 4.51. The van der Waals surface area contributed by atoms with Crippen molar-refractivity contribution in [2.45, 2.75) is 13.1 Å². The monoisotopic (exact) mass is 206 g/mol. The lowest BCUT2D eigenvalue weighted by Gasteiger charge is -2.04. The van der Waals surface area contributed by atoms with Crippen molar-refractivity contribution in [1.82, 2.24) is 19.1 Å². The fourth-order valence-electron chi connectivity index (χ4n) is 1.26. The molecule has 78 valence electrons. The van der Waals surface area contributed by atoms with Gasteiger partial charge in [0.25, 0.3) is 5.56 Å². The molecule has 0 fully saturated rings. The first-order chi connectivity index (χ1) is 7.25. The Morgan fingerprint density at radius 2 is 2.13 bits per heavy atom. The lowest BCUT2D eigenvalue weighted by Crippen LogP contribution is -2.29. The largest absolute Gasteiger partial charge is 0.336 e. The van der Waals surface area contributed by atoms with E-state index in [9.17, 15) is 9.59 Å². The average molecular weight is 206 g/mol. The number of hydrogen-bond acceptors (Lipinski definition) is 3. The van der Waals surface area contributed by atoms with Crippen LogP contribution in [0.25, 0.3) is 0 Å². The van der Waals surface area contributed by atoms with E-state index in [-0.39, 0.29) is 11.2 Å². The minimum Gasteiger partial charge on any atom is -0.336 e. The second-order valence-electron chi connectivity index (χ2n) is 3.10. The third-order valence-electron chi connectivity index (χ3n) is 2.06.